The summed E-state index contributed by atoms with van der Waals surface area (Å²) in [6.07, 6.45) is 6.20. The van der Waals surface area contributed by atoms with E-state index in [-0.39, 0.29) is 11.7 Å². The average Bonchev–Trinajstić information content (AvgIpc) is 3.02. The topological polar surface area (TPSA) is 17.8 Å². The summed E-state index contributed by atoms with van der Waals surface area (Å²) in [6.45, 7) is 0.735. The van der Waals surface area contributed by atoms with Gasteiger partial charge in [0, 0.05) is 34.9 Å². The highest BCUT2D eigenvalue weighted by atomic mass is 35.5. The molecule has 0 aliphatic carbocycles. The molecule has 0 saturated carbocycles. The molecule has 1 heterocycles. The van der Waals surface area contributed by atoms with Gasteiger partial charge in [0.2, 0.25) is 0 Å². The second-order valence-corrected chi connectivity index (χ2v) is 6.30. The van der Waals surface area contributed by atoms with Crippen molar-refractivity contribution in [1.82, 2.24) is 9.55 Å². The van der Waals surface area contributed by atoms with Gasteiger partial charge in [-0.2, -0.15) is 0 Å². The van der Waals surface area contributed by atoms with E-state index in [0.717, 1.165) is 24.1 Å². The van der Waals surface area contributed by atoms with Crippen molar-refractivity contribution in [3.05, 3.63) is 88.2 Å². The number of hydrogen-bond acceptors (Lipinski definition) is 1. The molecule has 5 heteroatoms. The number of hydrogen-bond donors (Lipinski definition) is 0. The summed E-state index contributed by atoms with van der Waals surface area (Å²) in [5.74, 6) is -0.0936. The Morgan fingerprint density at radius 2 is 1.87 bits per heavy atom. The van der Waals surface area contributed by atoms with Crippen molar-refractivity contribution in [2.24, 2.45) is 0 Å². The van der Waals surface area contributed by atoms with E-state index < -0.39 is 0 Å². The van der Waals surface area contributed by atoms with Crippen LogP contribution in [0.1, 0.15) is 17.0 Å². The molecule has 2 aromatic carbocycles. The van der Waals surface area contributed by atoms with Crippen LogP contribution in [0.25, 0.3) is 0 Å². The lowest BCUT2D eigenvalue weighted by molar-refractivity contribution is 0.555. The summed E-state index contributed by atoms with van der Waals surface area (Å²) >= 11 is 12.4. The number of halogens is 3. The summed E-state index contributed by atoms with van der Waals surface area (Å²) in [5.41, 5.74) is 2.08. The Kier molecular flexibility index (Phi) is 4.99. The molecular weight excluding hydrogens is 334 g/mol. The van der Waals surface area contributed by atoms with Crippen LogP contribution in [0.3, 0.4) is 0 Å². The fourth-order valence-corrected chi connectivity index (χ4v) is 3.22. The largest absolute Gasteiger partial charge is 0.337 e. The van der Waals surface area contributed by atoms with Gasteiger partial charge in [0.05, 0.1) is 6.33 Å². The zero-order valence-corrected chi connectivity index (χ0v) is 13.8. The summed E-state index contributed by atoms with van der Waals surface area (Å²) in [7, 11) is 0. The molecule has 1 aromatic heterocycles. The van der Waals surface area contributed by atoms with Gasteiger partial charge in [-0.15, -0.1) is 0 Å². The minimum absolute atomic E-state index is 0.138. The zero-order valence-electron chi connectivity index (χ0n) is 12.3. The smallest absolute Gasteiger partial charge is 0.123 e. The van der Waals surface area contributed by atoms with Crippen molar-refractivity contribution in [2.75, 3.05) is 0 Å². The molecule has 0 spiro atoms. The Balaban J connectivity index is 1.90. The Morgan fingerprint density at radius 3 is 2.52 bits per heavy atom. The second-order valence-electron chi connectivity index (χ2n) is 5.45. The SMILES string of the molecule is Fc1ccc(CC(Cn2ccnc2)c2ccc(Cl)cc2Cl)cc1. The maximum absolute atomic E-state index is 13.1. The predicted octanol–water partition coefficient (Wildman–Crippen LogP) is 5.36. The van der Waals surface area contributed by atoms with Gasteiger partial charge in [-0.25, -0.2) is 9.37 Å². The van der Waals surface area contributed by atoms with Gasteiger partial charge in [-0.3, -0.25) is 0 Å². The molecule has 2 nitrogen and oxygen atoms in total. The first-order chi connectivity index (χ1) is 11.1. The first-order valence-corrected chi connectivity index (χ1v) is 8.02. The van der Waals surface area contributed by atoms with Crippen molar-refractivity contribution >= 4 is 23.2 Å². The molecule has 118 valence electrons. The quantitative estimate of drug-likeness (QED) is 0.607. The standard InChI is InChI=1S/C18H15Cl2FN2/c19-15-3-6-17(18(20)10-15)14(11-23-8-7-22-12-23)9-13-1-4-16(21)5-2-13/h1-8,10,12,14H,9,11H2. The third kappa shape index (κ3) is 4.12. The molecule has 0 radical (unpaired) electrons. The van der Waals surface area contributed by atoms with Gasteiger partial charge in [0.15, 0.2) is 0 Å². The van der Waals surface area contributed by atoms with Crippen molar-refractivity contribution in [2.45, 2.75) is 18.9 Å². The maximum atomic E-state index is 13.1. The van der Waals surface area contributed by atoms with Crippen LogP contribution in [-0.2, 0) is 13.0 Å². The third-order valence-corrected chi connectivity index (χ3v) is 4.35. The van der Waals surface area contributed by atoms with Crippen molar-refractivity contribution < 1.29 is 4.39 Å². The van der Waals surface area contributed by atoms with E-state index in [4.69, 9.17) is 23.2 Å². The van der Waals surface area contributed by atoms with E-state index in [2.05, 4.69) is 4.98 Å². The lowest BCUT2D eigenvalue weighted by Gasteiger charge is -2.20. The maximum Gasteiger partial charge on any atom is 0.123 e. The van der Waals surface area contributed by atoms with E-state index in [1.807, 2.05) is 22.9 Å². The minimum Gasteiger partial charge on any atom is -0.337 e. The number of aromatic nitrogens is 2. The van der Waals surface area contributed by atoms with Gasteiger partial charge in [0.1, 0.15) is 5.82 Å². The van der Waals surface area contributed by atoms with Gasteiger partial charge >= 0.3 is 0 Å². The van der Waals surface area contributed by atoms with E-state index in [9.17, 15) is 4.39 Å². The molecule has 0 saturated heterocycles. The number of nitrogens with zero attached hydrogens (tertiary/aromatic N) is 2. The Morgan fingerprint density at radius 1 is 1.09 bits per heavy atom. The van der Waals surface area contributed by atoms with Crippen LogP contribution in [0, 0.1) is 5.82 Å². The van der Waals surface area contributed by atoms with Gasteiger partial charge < -0.3 is 4.57 Å². The van der Waals surface area contributed by atoms with Gasteiger partial charge in [-0.05, 0) is 41.8 Å². The van der Waals surface area contributed by atoms with Crippen LogP contribution < -0.4 is 0 Å². The average molecular weight is 349 g/mol. The lowest BCUT2D eigenvalue weighted by Crippen LogP contribution is -2.11. The molecule has 0 aliphatic rings. The van der Waals surface area contributed by atoms with Crippen LogP contribution in [0.2, 0.25) is 10.0 Å². The predicted molar refractivity (Wildman–Crippen MR) is 91.5 cm³/mol. The molecule has 3 rings (SSSR count). The van der Waals surface area contributed by atoms with Crippen LogP contribution >= 0.6 is 23.2 Å². The molecule has 0 aliphatic heterocycles. The fourth-order valence-electron chi connectivity index (χ4n) is 2.66. The molecule has 3 aromatic rings. The zero-order chi connectivity index (χ0) is 16.2. The summed E-state index contributed by atoms with van der Waals surface area (Å²) < 4.78 is 15.1. The van der Waals surface area contributed by atoms with E-state index >= 15 is 0 Å². The molecule has 1 unspecified atom stereocenters. The van der Waals surface area contributed by atoms with E-state index in [1.165, 1.54) is 12.1 Å². The van der Waals surface area contributed by atoms with E-state index in [1.54, 1.807) is 30.7 Å². The van der Waals surface area contributed by atoms with Gasteiger partial charge in [0.25, 0.3) is 0 Å². The number of benzene rings is 2. The van der Waals surface area contributed by atoms with Gasteiger partial charge in [-0.1, -0.05) is 41.4 Å². The monoisotopic (exact) mass is 348 g/mol. The highest BCUT2D eigenvalue weighted by molar-refractivity contribution is 6.35. The molecule has 0 amide bonds. The van der Waals surface area contributed by atoms with Crippen LogP contribution in [0.4, 0.5) is 4.39 Å². The molecule has 0 N–H and O–H groups in total. The third-order valence-electron chi connectivity index (χ3n) is 3.79. The van der Waals surface area contributed by atoms with Crippen molar-refractivity contribution in [1.29, 1.82) is 0 Å². The Hall–Kier alpha value is -1.84. The van der Waals surface area contributed by atoms with Crippen LogP contribution in [-0.4, -0.2) is 9.55 Å². The highest BCUT2D eigenvalue weighted by Gasteiger charge is 2.17. The summed E-state index contributed by atoms with van der Waals surface area (Å²) in [5, 5.41) is 1.26. The molecule has 0 fully saturated rings. The first kappa shape index (κ1) is 16.0. The first-order valence-electron chi connectivity index (χ1n) is 7.27. The Labute approximate surface area is 144 Å². The summed E-state index contributed by atoms with van der Waals surface area (Å²) in [6, 6.07) is 12.1. The van der Waals surface area contributed by atoms with Crippen LogP contribution in [0.15, 0.2) is 61.2 Å². The van der Waals surface area contributed by atoms with E-state index in [0.29, 0.717) is 10.0 Å². The second kappa shape index (κ2) is 7.16. The molecule has 1 atom stereocenters. The number of rotatable bonds is 5. The number of imidazole rings is 1. The summed E-state index contributed by atoms with van der Waals surface area (Å²) in [4.78, 5) is 4.08. The lowest BCUT2D eigenvalue weighted by atomic mass is 9.91. The molecular formula is C18H15Cl2FN2. The normalized spacial score (nSPS) is 12.3. The minimum atomic E-state index is -0.232. The Bertz CT molecular complexity index is 770. The van der Waals surface area contributed by atoms with Crippen molar-refractivity contribution in [3.8, 4) is 0 Å². The highest BCUT2D eigenvalue weighted by Crippen LogP contribution is 2.31. The fraction of sp³-hybridized carbons (Fsp3) is 0.167. The molecule has 0 bridgehead atoms. The van der Waals surface area contributed by atoms with Crippen LogP contribution in [0.5, 0.6) is 0 Å². The van der Waals surface area contributed by atoms with Crippen molar-refractivity contribution in [3.63, 3.8) is 0 Å². The molecule has 23 heavy (non-hydrogen) atoms.